The Labute approximate surface area is 243 Å². The van der Waals surface area contributed by atoms with Gasteiger partial charge in [0.25, 0.3) is 0 Å². The van der Waals surface area contributed by atoms with E-state index in [0.29, 0.717) is 38.5 Å². The first kappa shape index (κ1) is 33.4. The summed E-state index contributed by atoms with van der Waals surface area (Å²) in [7, 11) is -6.14. The van der Waals surface area contributed by atoms with Crippen LogP contribution in [-0.4, -0.2) is 88.1 Å². The Morgan fingerprint density at radius 3 is 1.79 bits per heavy atom. The van der Waals surface area contributed by atoms with E-state index in [-0.39, 0.29) is 36.5 Å². The van der Waals surface area contributed by atoms with Crippen molar-refractivity contribution in [1.29, 1.82) is 0 Å². The number of hydrogen-bond donors (Lipinski definition) is 5. The lowest BCUT2D eigenvalue weighted by atomic mass is 9.58. The van der Waals surface area contributed by atoms with Crippen molar-refractivity contribution in [3.8, 4) is 0 Å². The number of carbonyl (C=O) groups is 2. The van der Waals surface area contributed by atoms with E-state index in [1.54, 1.807) is 0 Å². The molecule has 0 heterocycles. The SMILES string of the molecule is CC1CC2CC(O)CC(C(=O)OCC(COC(F)(F)C(O)(O)S(=O)(=O)O)OC(=O)C34CC(C)CC(CC(O)C3)C4)(C1)C2. The lowest BCUT2D eigenvalue weighted by Crippen LogP contribution is -2.56. The molecule has 242 valence electrons. The highest BCUT2D eigenvalue weighted by molar-refractivity contribution is 7.86. The second-order valence-corrected chi connectivity index (χ2v) is 15.0. The highest BCUT2D eigenvalue weighted by Crippen LogP contribution is 2.53. The molecule has 15 heteroatoms. The largest absolute Gasteiger partial charge is 0.461 e. The number of rotatable bonds is 10. The molecule has 0 amide bonds. The van der Waals surface area contributed by atoms with Crippen LogP contribution in [0, 0.1) is 34.5 Å². The molecule has 4 aliphatic rings. The first-order chi connectivity index (χ1) is 19.3. The van der Waals surface area contributed by atoms with Gasteiger partial charge < -0.3 is 34.6 Å². The standard InChI is InChI=1S/C27H42F2O12S/c1-15-3-17-5-19(30)11-24(7-15,9-17)22(32)39-13-21(14-40-26(28,29)27(34,35)42(36,37)38)41-23(33)25-8-16(2)4-18(10-25)6-20(31)12-25/h15-21,30-31,34-35H,3-14H2,1-2H3,(H,36,37,38). The van der Waals surface area contributed by atoms with Gasteiger partial charge in [-0.3, -0.25) is 14.1 Å². The van der Waals surface area contributed by atoms with Crippen molar-refractivity contribution in [2.75, 3.05) is 13.2 Å². The Morgan fingerprint density at radius 1 is 0.833 bits per heavy atom. The van der Waals surface area contributed by atoms with Crippen molar-refractivity contribution in [2.24, 2.45) is 34.5 Å². The third-order valence-electron chi connectivity index (χ3n) is 9.50. The summed E-state index contributed by atoms with van der Waals surface area (Å²) in [4.78, 5) is 26.9. The van der Waals surface area contributed by atoms with Gasteiger partial charge in [0, 0.05) is 0 Å². The quantitative estimate of drug-likeness (QED) is 0.134. The number of aliphatic hydroxyl groups excluding tert-OH is 2. The summed E-state index contributed by atoms with van der Waals surface area (Å²) in [6, 6.07) is 0. The molecular formula is C27H42F2O12S. The summed E-state index contributed by atoms with van der Waals surface area (Å²) in [5.41, 5.74) is -2.15. The van der Waals surface area contributed by atoms with E-state index in [0.717, 1.165) is 12.8 Å². The van der Waals surface area contributed by atoms with Crippen molar-refractivity contribution in [3.63, 3.8) is 0 Å². The van der Waals surface area contributed by atoms with Crippen LogP contribution in [-0.2, 0) is 33.9 Å². The maximum Gasteiger partial charge on any atom is 0.428 e. The highest BCUT2D eigenvalue weighted by atomic mass is 32.2. The maximum absolute atomic E-state index is 14.4. The van der Waals surface area contributed by atoms with Crippen molar-refractivity contribution in [2.45, 2.75) is 108 Å². The van der Waals surface area contributed by atoms with Crippen molar-refractivity contribution in [1.82, 2.24) is 0 Å². The van der Waals surface area contributed by atoms with Gasteiger partial charge in [-0.25, -0.2) is 0 Å². The van der Waals surface area contributed by atoms with Crippen LogP contribution in [0.25, 0.3) is 0 Å². The van der Waals surface area contributed by atoms with E-state index in [2.05, 4.69) is 4.74 Å². The van der Waals surface area contributed by atoms with Crippen molar-refractivity contribution in [3.05, 3.63) is 0 Å². The number of esters is 2. The molecule has 0 saturated heterocycles. The van der Waals surface area contributed by atoms with Crippen LogP contribution < -0.4 is 0 Å². The summed E-state index contributed by atoms with van der Waals surface area (Å²) in [5, 5.41) is 34.5. The molecule has 42 heavy (non-hydrogen) atoms. The first-order valence-corrected chi connectivity index (χ1v) is 15.9. The molecule has 0 aromatic carbocycles. The lowest BCUT2D eigenvalue weighted by molar-refractivity contribution is -0.366. The van der Waals surface area contributed by atoms with E-state index in [9.17, 15) is 47.2 Å². The van der Waals surface area contributed by atoms with E-state index in [1.165, 1.54) is 0 Å². The fraction of sp³-hybridized carbons (Fsp3) is 0.926. The molecule has 9 atom stereocenters. The smallest absolute Gasteiger partial charge is 0.428 e. The average Bonchev–Trinajstić information content (AvgIpc) is 2.82. The maximum atomic E-state index is 14.4. The molecule has 0 radical (unpaired) electrons. The van der Waals surface area contributed by atoms with Gasteiger partial charge in [0.2, 0.25) is 0 Å². The Hall–Kier alpha value is -1.49. The van der Waals surface area contributed by atoms with Gasteiger partial charge in [-0.1, -0.05) is 13.8 Å². The van der Waals surface area contributed by atoms with Crippen LogP contribution >= 0.6 is 0 Å². The summed E-state index contributed by atoms with van der Waals surface area (Å²) in [6.07, 6.45) is -3.94. The van der Waals surface area contributed by atoms with E-state index >= 15 is 0 Å². The molecule has 0 aromatic rings. The predicted molar refractivity (Wildman–Crippen MR) is 139 cm³/mol. The van der Waals surface area contributed by atoms with Crippen LogP contribution in [0.3, 0.4) is 0 Å². The molecule has 4 saturated carbocycles. The molecule has 4 fully saturated rings. The van der Waals surface area contributed by atoms with Crippen molar-refractivity contribution < 1.29 is 66.0 Å². The van der Waals surface area contributed by atoms with Crippen molar-refractivity contribution >= 4 is 22.1 Å². The van der Waals surface area contributed by atoms with E-state index in [1.807, 2.05) is 13.8 Å². The normalized spacial score (nSPS) is 37.9. The number of hydrogen-bond acceptors (Lipinski definition) is 11. The van der Waals surface area contributed by atoms with E-state index < -0.39 is 75.6 Å². The lowest BCUT2D eigenvalue weighted by Gasteiger charge is -2.48. The third kappa shape index (κ3) is 6.76. The van der Waals surface area contributed by atoms with Gasteiger partial charge in [-0.2, -0.15) is 17.2 Å². The minimum absolute atomic E-state index is 0.0409. The second kappa shape index (κ2) is 11.8. The minimum Gasteiger partial charge on any atom is -0.461 e. The molecule has 4 bridgehead atoms. The average molecular weight is 629 g/mol. The van der Waals surface area contributed by atoms with Gasteiger partial charge in [0.1, 0.15) is 6.61 Å². The minimum atomic E-state index is -6.14. The zero-order valence-electron chi connectivity index (χ0n) is 23.8. The van der Waals surface area contributed by atoms with Gasteiger partial charge in [0.05, 0.1) is 29.6 Å². The Kier molecular flexibility index (Phi) is 9.37. The fourth-order valence-electron chi connectivity index (χ4n) is 8.26. The molecule has 9 unspecified atom stereocenters. The Bertz CT molecular complexity index is 1090. The first-order valence-electron chi connectivity index (χ1n) is 14.5. The molecular weight excluding hydrogens is 586 g/mol. The van der Waals surface area contributed by atoms with Crippen LogP contribution in [0.1, 0.15) is 78.1 Å². The van der Waals surface area contributed by atoms with Gasteiger partial charge in [-0.05, 0) is 87.9 Å². The van der Waals surface area contributed by atoms with Crippen LogP contribution in [0.4, 0.5) is 8.78 Å². The molecule has 0 aliphatic heterocycles. The summed E-state index contributed by atoms with van der Waals surface area (Å²) in [6.45, 7) is 1.80. The van der Waals surface area contributed by atoms with Gasteiger partial charge in [-0.15, -0.1) is 0 Å². The topological polar surface area (TPSA) is 197 Å². The molecule has 0 aromatic heterocycles. The number of halogens is 2. The van der Waals surface area contributed by atoms with Crippen LogP contribution in [0.5, 0.6) is 0 Å². The fourth-order valence-corrected chi connectivity index (χ4v) is 8.62. The Balaban J connectivity index is 1.52. The predicted octanol–water partition coefficient (Wildman–Crippen LogP) is 1.73. The monoisotopic (exact) mass is 628 g/mol. The number of alkyl halides is 2. The van der Waals surface area contributed by atoms with Gasteiger partial charge >= 0.3 is 33.3 Å². The number of carbonyl (C=O) groups excluding carboxylic acids is 2. The third-order valence-corrected chi connectivity index (χ3v) is 10.5. The van der Waals surface area contributed by atoms with Crippen LogP contribution in [0.15, 0.2) is 0 Å². The summed E-state index contributed by atoms with van der Waals surface area (Å²) >= 11 is 0. The van der Waals surface area contributed by atoms with E-state index in [4.69, 9.17) is 14.0 Å². The zero-order valence-corrected chi connectivity index (χ0v) is 24.6. The molecule has 12 nitrogen and oxygen atoms in total. The zero-order chi connectivity index (χ0) is 31.3. The highest BCUT2D eigenvalue weighted by Gasteiger charge is 2.64. The molecule has 0 spiro atoms. The Morgan fingerprint density at radius 2 is 1.31 bits per heavy atom. The second-order valence-electron chi connectivity index (χ2n) is 13.5. The molecule has 4 aliphatic carbocycles. The summed E-state index contributed by atoms with van der Waals surface area (Å²) in [5.74, 6) is -1.13. The summed E-state index contributed by atoms with van der Waals surface area (Å²) < 4.78 is 75.2. The number of ether oxygens (including phenoxy) is 3. The number of aliphatic hydroxyl groups is 4. The van der Waals surface area contributed by atoms with Gasteiger partial charge in [0.15, 0.2) is 6.10 Å². The van der Waals surface area contributed by atoms with Crippen LogP contribution in [0.2, 0.25) is 0 Å². The molecule has 5 N–H and O–H groups in total. The number of fused-ring (bicyclic) bond motifs is 4. The molecule has 4 rings (SSSR count).